The van der Waals surface area contributed by atoms with Gasteiger partial charge in [0.05, 0.1) is 23.9 Å². The molecule has 2 amide bonds. The summed E-state index contributed by atoms with van der Waals surface area (Å²) in [5.41, 5.74) is 0.875. The monoisotopic (exact) mass is 435 g/mol. The Hall–Kier alpha value is -4.73. The number of benzene rings is 2. The van der Waals surface area contributed by atoms with Gasteiger partial charge in [0, 0.05) is 17.8 Å². The topological polar surface area (TPSA) is 141 Å². The van der Waals surface area contributed by atoms with Crippen LogP contribution in [0.15, 0.2) is 77.0 Å². The van der Waals surface area contributed by atoms with Gasteiger partial charge < -0.3 is 19.8 Å². The van der Waals surface area contributed by atoms with Gasteiger partial charge in [0.1, 0.15) is 5.70 Å². The number of hydrogen-bond donors (Lipinski definition) is 2. The zero-order chi connectivity index (χ0) is 23.1. The van der Waals surface area contributed by atoms with Crippen molar-refractivity contribution in [1.82, 2.24) is 5.32 Å². The molecule has 1 aromatic heterocycles. The molecule has 0 unspecified atom stereocenters. The Morgan fingerprint density at radius 1 is 1.03 bits per heavy atom. The summed E-state index contributed by atoms with van der Waals surface area (Å²) in [6.07, 6.45) is 2.68. The number of anilines is 1. The van der Waals surface area contributed by atoms with E-state index in [0.717, 1.165) is 0 Å². The van der Waals surface area contributed by atoms with Crippen LogP contribution in [0.4, 0.5) is 11.4 Å². The van der Waals surface area contributed by atoms with E-state index in [1.807, 2.05) is 0 Å². The number of carbonyl (C=O) groups is 3. The fourth-order valence-corrected chi connectivity index (χ4v) is 2.61. The van der Waals surface area contributed by atoms with Gasteiger partial charge in [-0.2, -0.15) is 0 Å². The molecule has 0 saturated carbocycles. The van der Waals surface area contributed by atoms with Crippen LogP contribution in [0.1, 0.15) is 26.5 Å². The number of nitrogens with one attached hydrogen (secondary N) is 2. The molecule has 0 radical (unpaired) electrons. The van der Waals surface area contributed by atoms with Gasteiger partial charge >= 0.3 is 5.97 Å². The summed E-state index contributed by atoms with van der Waals surface area (Å²) < 4.78 is 9.67. The Morgan fingerprint density at radius 2 is 1.72 bits per heavy atom. The molecule has 32 heavy (non-hydrogen) atoms. The number of ether oxygens (including phenoxy) is 1. The first-order valence-corrected chi connectivity index (χ1v) is 9.18. The van der Waals surface area contributed by atoms with E-state index in [1.165, 1.54) is 80.1 Å². The first-order chi connectivity index (χ1) is 15.4. The summed E-state index contributed by atoms with van der Waals surface area (Å²) in [5, 5.41) is 15.9. The van der Waals surface area contributed by atoms with Crippen molar-refractivity contribution in [3.8, 4) is 0 Å². The molecule has 0 aliphatic rings. The van der Waals surface area contributed by atoms with Crippen molar-refractivity contribution in [2.24, 2.45) is 0 Å². The molecule has 0 atom stereocenters. The minimum atomic E-state index is -0.658. The van der Waals surface area contributed by atoms with E-state index >= 15 is 0 Å². The highest BCUT2D eigenvalue weighted by Crippen LogP contribution is 2.16. The third kappa shape index (κ3) is 5.45. The number of hydrogen-bond acceptors (Lipinski definition) is 7. The smallest absolute Gasteiger partial charge is 0.337 e. The normalized spacial score (nSPS) is 10.8. The first-order valence-electron chi connectivity index (χ1n) is 9.18. The summed E-state index contributed by atoms with van der Waals surface area (Å²) in [5.74, 6) is -1.84. The molecule has 10 heteroatoms. The van der Waals surface area contributed by atoms with Crippen LogP contribution in [0.2, 0.25) is 0 Å². The van der Waals surface area contributed by atoms with Gasteiger partial charge in [0.15, 0.2) is 5.76 Å². The molecule has 1 heterocycles. The van der Waals surface area contributed by atoms with Crippen LogP contribution in [0.3, 0.4) is 0 Å². The lowest BCUT2D eigenvalue weighted by Crippen LogP contribution is -2.30. The number of esters is 1. The van der Waals surface area contributed by atoms with E-state index in [1.54, 1.807) is 0 Å². The third-order valence-electron chi connectivity index (χ3n) is 4.22. The van der Waals surface area contributed by atoms with Crippen LogP contribution in [0, 0.1) is 10.1 Å². The second-order valence-electron chi connectivity index (χ2n) is 6.36. The first kappa shape index (κ1) is 22.0. The van der Waals surface area contributed by atoms with E-state index in [0.29, 0.717) is 16.8 Å². The van der Waals surface area contributed by atoms with Crippen molar-refractivity contribution in [3.63, 3.8) is 0 Å². The SMILES string of the molecule is COC(=O)c1ccc(NC(=O)/C(=C\c2ccc([N+](=O)[O-])cc2)NC(=O)c2ccco2)cc1. The number of nitrogens with zero attached hydrogens (tertiary/aromatic N) is 1. The zero-order valence-corrected chi connectivity index (χ0v) is 16.7. The van der Waals surface area contributed by atoms with Gasteiger partial charge in [-0.05, 0) is 60.2 Å². The number of methoxy groups -OCH3 is 1. The van der Waals surface area contributed by atoms with Crippen molar-refractivity contribution < 1.29 is 28.5 Å². The molecule has 10 nitrogen and oxygen atoms in total. The van der Waals surface area contributed by atoms with Gasteiger partial charge in [0.25, 0.3) is 17.5 Å². The summed E-state index contributed by atoms with van der Waals surface area (Å²) in [7, 11) is 1.26. The van der Waals surface area contributed by atoms with Gasteiger partial charge in [-0.15, -0.1) is 0 Å². The highest BCUT2D eigenvalue weighted by Gasteiger charge is 2.17. The van der Waals surface area contributed by atoms with Crippen molar-refractivity contribution in [2.75, 3.05) is 12.4 Å². The average Bonchev–Trinajstić information content (AvgIpc) is 3.34. The number of non-ortho nitro benzene ring substituents is 1. The standard InChI is InChI=1S/C22H17N3O7/c1-31-22(28)15-6-8-16(9-7-15)23-20(26)18(24-21(27)19-3-2-12-32-19)13-14-4-10-17(11-5-14)25(29)30/h2-13H,1H3,(H,23,26)(H,24,27)/b18-13+. The second kappa shape index (κ2) is 9.85. The largest absolute Gasteiger partial charge is 0.465 e. The maximum Gasteiger partial charge on any atom is 0.337 e. The van der Waals surface area contributed by atoms with Gasteiger partial charge in [-0.25, -0.2) is 4.79 Å². The maximum atomic E-state index is 12.8. The molecule has 0 aliphatic heterocycles. The molecule has 2 aromatic carbocycles. The van der Waals surface area contributed by atoms with E-state index in [9.17, 15) is 24.5 Å². The molecule has 0 fully saturated rings. The predicted molar refractivity (Wildman–Crippen MR) is 114 cm³/mol. The lowest BCUT2D eigenvalue weighted by molar-refractivity contribution is -0.384. The van der Waals surface area contributed by atoms with E-state index in [4.69, 9.17) is 4.42 Å². The highest BCUT2D eigenvalue weighted by molar-refractivity contribution is 6.10. The highest BCUT2D eigenvalue weighted by atomic mass is 16.6. The minimum Gasteiger partial charge on any atom is -0.465 e. The Balaban J connectivity index is 1.85. The van der Waals surface area contributed by atoms with Crippen molar-refractivity contribution in [2.45, 2.75) is 0 Å². The van der Waals surface area contributed by atoms with Crippen LogP contribution in [-0.2, 0) is 9.53 Å². The van der Waals surface area contributed by atoms with E-state index in [2.05, 4.69) is 15.4 Å². The lowest BCUT2D eigenvalue weighted by atomic mass is 10.1. The van der Waals surface area contributed by atoms with Gasteiger partial charge in [-0.1, -0.05) is 0 Å². The molecule has 162 valence electrons. The number of nitro groups is 1. The Bertz CT molecular complexity index is 1170. The zero-order valence-electron chi connectivity index (χ0n) is 16.7. The lowest BCUT2D eigenvalue weighted by Gasteiger charge is -2.11. The number of amides is 2. The maximum absolute atomic E-state index is 12.8. The molecule has 0 bridgehead atoms. The van der Waals surface area contributed by atoms with Gasteiger partial charge in [0.2, 0.25) is 0 Å². The average molecular weight is 435 g/mol. The predicted octanol–water partition coefficient (Wildman–Crippen LogP) is 3.38. The van der Waals surface area contributed by atoms with Gasteiger partial charge in [-0.3, -0.25) is 19.7 Å². The number of carbonyl (C=O) groups excluding carboxylic acids is 3. The molecule has 0 saturated heterocycles. The Morgan fingerprint density at radius 3 is 2.28 bits per heavy atom. The van der Waals surface area contributed by atoms with Crippen molar-refractivity contribution >= 4 is 35.2 Å². The summed E-state index contributed by atoms with van der Waals surface area (Å²) >= 11 is 0. The molecule has 0 spiro atoms. The fraction of sp³-hybridized carbons (Fsp3) is 0.0455. The number of rotatable bonds is 7. The van der Waals surface area contributed by atoms with Crippen molar-refractivity contribution in [3.05, 3.63) is 99.6 Å². The minimum absolute atomic E-state index is 0.00479. The van der Waals surface area contributed by atoms with E-state index < -0.39 is 22.7 Å². The van der Waals surface area contributed by atoms with E-state index in [-0.39, 0.29) is 17.1 Å². The van der Waals surface area contributed by atoms with Crippen LogP contribution >= 0.6 is 0 Å². The molecule has 3 aromatic rings. The van der Waals surface area contributed by atoms with Crippen LogP contribution in [0.5, 0.6) is 0 Å². The molecular formula is C22H17N3O7. The molecule has 0 aliphatic carbocycles. The van der Waals surface area contributed by atoms with Crippen LogP contribution in [0.25, 0.3) is 6.08 Å². The third-order valence-corrected chi connectivity index (χ3v) is 4.22. The summed E-state index contributed by atoms with van der Waals surface area (Å²) in [6, 6.07) is 14.3. The van der Waals surface area contributed by atoms with Crippen molar-refractivity contribution in [1.29, 1.82) is 0 Å². The fourth-order valence-electron chi connectivity index (χ4n) is 2.61. The number of nitro benzene ring substituents is 1. The summed E-state index contributed by atoms with van der Waals surface area (Å²) in [4.78, 5) is 47.1. The second-order valence-corrected chi connectivity index (χ2v) is 6.36. The summed E-state index contributed by atoms with van der Waals surface area (Å²) in [6.45, 7) is 0. The Labute approximate surface area is 181 Å². The van der Waals surface area contributed by atoms with Crippen LogP contribution in [-0.4, -0.2) is 29.8 Å². The van der Waals surface area contributed by atoms with Crippen LogP contribution < -0.4 is 10.6 Å². The molecule has 3 rings (SSSR count). The quantitative estimate of drug-likeness (QED) is 0.251. The molecule has 2 N–H and O–H groups in total. The Kier molecular flexibility index (Phi) is 6.76. The number of furan rings is 1. The molecular weight excluding hydrogens is 418 g/mol.